The Morgan fingerprint density at radius 3 is 2.50 bits per heavy atom. The number of methoxy groups -OCH3 is 1. The number of carbonyl (C=O) groups is 1. The van der Waals surface area contributed by atoms with Gasteiger partial charge in [0.2, 0.25) is 0 Å². The lowest BCUT2D eigenvalue weighted by atomic mass is 10.1. The molecular weight excluding hydrogens is 258 g/mol. The van der Waals surface area contributed by atoms with Crippen LogP contribution >= 0.6 is 0 Å². The fourth-order valence-corrected chi connectivity index (χ4v) is 1.82. The Labute approximate surface area is 116 Å². The van der Waals surface area contributed by atoms with Gasteiger partial charge < -0.3 is 19.8 Å². The first-order valence-electron chi connectivity index (χ1n) is 5.97. The highest BCUT2D eigenvalue weighted by Crippen LogP contribution is 2.27. The maximum atomic E-state index is 12.3. The minimum Gasteiger partial charge on any atom is -0.508 e. The number of benzene rings is 2. The molecule has 20 heavy (non-hydrogen) atoms. The largest absolute Gasteiger partial charge is 0.508 e. The molecule has 0 fully saturated rings. The molecule has 0 spiro atoms. The van der Waals surface area contributed by atoms with Gasteiger partial charge in [0.15, 0.2) is 0 Å². The van der Waals surface area contributed by atoms with Crippen molar-refractivity contribution in [3.63, 3.8) is 0 Å². The van der Waals surface area contributed by atoms with Crippen LogP contribution in [0.4, 0.5) is 5.69 Å². The summed E-state index contributed by atoms with van der Waals surface area (Å²) in [5.74, 6) is 0.0114. The predicted molar refractivity (Wildman–Crippen MR) is 75.5 cm³/mol. The highest BCUT2D eigenvalue weighted by Gasteiger charge is 2.17. The standard InChI is InChI=1S/C15H15NO4/c1-16(10-4-3-5-11(17)8-10)15(19)13-7-6-12(20-2)9-14(13)18/h3-9,17-18H,1-2H3. The van der Waals surface area contributed by atoms with Crippen molar-refractivity contribution in [2.75, 3.05) is 19.1 Å². The minimum atomic E-state index is -0.379. The van der Waals surface area contributed by atoms with Gasteiger partial charge in [0.1, 0.15) is 17.2 Å². The van der Waals surface area contributed by atoms with Crippen LogP contribution in [0.5, 0.6) is 17.2 Å². The molecular formula is C15H15NO4. The Morgan fingerprint density at radius 2 is 1.90 bits per heavy atom. The van der Waals surface area contributed by atoms with Crippen LogP contribution in [0.25, 0.3) is 0 Å². The molecule has 2 rings (SSSR count). The number of ether oxygens (including phenoxy) is 1. The highest BCUT2D eigenvalue weighted by molar-refractivity contribution is 6.07. The average Bonchev–Trinajstić information content (AvgIpc) is 2.45. The minimum absolute atomic E-state index is 0.0705. The zero-order valence-electron chi connectivity index (χ0n) is 11.2. The van der Waals surface area contributed by atoms with E-state index in [1.807, 2.05) is 0 Å². The van der Waals surface area contributed by atoms with Crippen LogP contribution in [0, 0.1) is 0 Å². The van der Waals surface area contributed by atoms with E-state index in [2.05, 4.69) is 0 Å². The van der Waals surface area contributed by atoms with Crippen molar-refractivity contribution in [1.29, 1.82) is 0 Å². The second-order valence-corrected chi connectivity index (χ2v) is 4.27. The lowest BCUT2D eigenvalue weighted by Gasteiger charge is -2.18. The number of nitrogens with zero attached hydrogens (tertiary/aromatic N) is 1. The molecule has 0 aliphatic rings. The van der Waals surface area contributed by atoms with Crippen LogP contribution in [0.15, 0.2) is 42.5 Å². The SMILES string of the molecule is COc1ccc(C(=O)N(C)c2cccc(O)c2)c(O)c1. The number of anilines is 1. The first kappa shape index (κ1) is 13.7. The molecule has 0 aliphatic heterocycles. The fraction of sp³-hybridized carbons (Fsp3) is 0.133. The van der Waals surface area contributed by atoms with Crippen molar-refractivity contribution >= 4 is 11.6 Å². The molecule has 0 saturated carbocycles. The van der Waals surface area contributed by atoms with E-state index in [4.69, 9.17) is 4.74 Å². The van der Waals surface area contributed by atoms with E-state index in [0.717, 1.165) is 0 Å². The topological polar surface area (TPSA) is 70.0 Å². The summed E-state index contributed by atoms with van der Waals surface area (Å²) in [4.78, 5) is 13.7. The van der Waals surface area contributed by atoms with E-state index in [1.54, 1.807) is 25.2 Å². The Hall–Kier alpha value is -2.69. The molecule has 0 atom stereocenters. The molecule has 104 valence electrons. The smallest absolute Gasteiger partial charge is 0.261 e. The van der Waals surface area contributed by atoms with Crippen LogP contribution in [-0.2, 0) is 0 Å². The van der Waals surface area contributed by atoms with E-state index in [9.17, 15) is 15.0 Å². The first-order chi connectivity index (χ1) is 9.52. The second kappa shape index (κ2) is 5.52. The van der Waals surface area contributed by atoms with Crippen LogP contribution in [0.3, 0.4) is 0 Å². The van der Waals surface area contributed by atoms with Crippen LogP contribution in [-0.4, -0.2) is 30.3 Å². The summed E-state index contributed by atoms with van der Waals surface area (Å²) < 4.78 is 4.97. The van der Waals surface area contributed by atoms with Gasteiger partial charge in [0.05, 0.1) is 12.7 Å². The summed E-state index contributed by atoms with van der Waals surface area (Å²) in [5, 5.41) is 19.3. The van der Waals surface area contributed by atoms with Crippen molar-refractivity contribution in [1.82, 2.24) is 0 Å². The summed E-state index contributed by atoms with van der Waals surface area (Å²) in [5.41, 5.74) is 0.696. The van der Waals surface area contributed by atoms with Crippen molar-refractivity contribution in [2.24, 2.45) is 0 Å². The third-order valence-electron chi connectivity index (χ3n) is 2.96. The van der Waals surface area contributed by atoms with Gasteiger partial charge in [-0.05, 0) is 24.3 Å². The normalized spacial score (nSPS) is 10.1. The monoisotopic (exact) mass is 273 g/mol. The van der Waals surface area contributed by atoms with E-state index < -0.39 is 0 Å². The maximum Gasteiger partial charge on any atom is 0.261 e. The average molecular weight is 273 g/mol. The molecule has 0 radical (unpaired) electrons. The number of phenols is 2. The third kappa shape index (κ3) is 2.66. The Bertz CT molecular complexity index is 640. The van der Waals surface area contributed by atoms with E-state index in [-0.39, 0.29) is 23.0 Å². The Balaban J connectivity index is 2.31. The number of phenolic OH excluding ortho intramolecular Hbond substituents is 2. The van der Waals surface area contributed by atoms with Crippen molar-refractivity contribution in [3.05, 3.63) is 48.0 Å². The van der Waals surface area contributed by atoms with Gasteiger partial charge >= 0.3 is 0 Å². The molecule has 1 amide bonds. The zero-order chi connectivity index (χ0) is 14.7. The number of carbonyl (C=O) groups excluding carboxylic acids is 1. The molecule has 2 N–H and O–H groups in total. The quantitative estimate of drug-likeness (QED) is 0.900. The van der Waals surface area contributed by atoms with Gasteiger partial charge in [0.25, 0.3) is 5.91 Å². The van der Waals surface area contributed by atoms with Crippen LogP contribution in [0.2, 0.25) is 0 Å². The third-order valence-corrected chi connectivity index (χ3v) is 2.96. The molecule has 2 aromatic carbocycles. The van der Waals surface area contributed by atoms with Gasteiger partial charge in [-0.1, -0.05) is 6.07 Å². The maximum absolute atomic E-state index is 12.3. The van der Waals surface area contributed by atoms with Gasteiger partial charge in [-0.25, -0.2) is 0 Å². The van der Waals surface area contributed by atoms with Crippen LogP contribution in [0.1, 0.15) is 10.4 Å². The first-order valence-corrected chi connectivity index (χ1v) is 5.97. The number of rotatable bonds is 3. The molecule has 5 nitrogen and oxygen atoms in total. The van der Waals surface area contributed by atoms with Gasteiger partial charge in [-0.3, -0.25) is 4.79 Å². The number of hydrogen-bond acceptors (Lipinski definition) is 4. The predicted octanol–water partition coefficient (Wildman–Crippen LogP) is 2.38. The van der Waals surface area contributed by atoms with Crippen molar-refractivity contribution < 1.29 is 19.7 Å². The summed E-state index contributed by atoms with van der Waals surface area (Å²) >= 11 is 0. The van der Waals surface area contributed by atoms with Gasteiger partial charge in [-0.2, -0.15) is 0 Å². The van der Waals surface area contributed by atoms with Crippen LogP contribution < -0.4 is 9.64 Å². The van der Waals surface area contributed by atoms with Crippen molar-refractivity contribution in [2.45, 2.75) is 0 Å². The lowest BCUT2D eigenvalue weighted by Crippen LogP contribution is -2.26. The second-order valence-electron chi connectivity index (χ2n) is 4.27. The van der Waals surface area contributed by atoms with Gasteiger partial charge in [0, 0.05) is 24.9 Å². The lowest BCUT2D eigenvalue weighted by molar-refractivity contribution is 0.0990. The zero-order valence-corrected chi connectivity index (χ0v) is 11.2. The Morgan fingerprint density at radius 1 is 1.15 bits per heavy atom. The molecule has 0 aliphatic carbocycles. The molecule has 0 unspecified atom stereocenters. The summed E-state index contributed by atoms with van der Waals surface area (Å²) in [6, 6.07) is 10.8. The van der Waals surface area contributed by atoms with E-state index in [0.29, 0.717) is 11.4 Å². The molecule has 0 bridgehead atoms. The summed E-state index contributed by atoms with van der Waals surface area (Å²) in [6.45, 7) is 0. The van der Waals surface area contributed by atoms with Crippen molar-refractivity contribution in [3.8, 4) is 17.2 Å². The molecule has 2 aromatic rings. The molecule has 0 saturated heterocycles. The number of hydrogen-bond donors (Lipinski definition) is 2. The fourth-order valence-electron chi connectivity index (χ4n) is 1.82. The highest BCUT2D eigenvalue weighted by atomic mass is 16.5. The summed E-state index contributed by atoms with van der Waals surface area (Å²) in [7, 11) is 3.05. The molecule has 5 heteroatoms. The van der Waals surface area contributed by atoms with E-state index in [1.165, 1.54) is 36.3 Å². The molecule has 0 heterocycles. The number of amides is 1. The number of aromatic hydroxyl groups is 2. The van der Waals surface area contributed by atoms with Gasteiger partial charge in [-0.15, -0.1) is 0 Å². The van der Waals surface area contributed by atoms with E-state index >= 15 is 0 Å². The Kier molecular flexibility index (Phi) is 3.79. The molecule has 0 aromatic heterocycles. The summed E-state index contributed by atoms with van der Waals surface area (Å²) in [6.07, 6.45) is 0.